The van der Waals surface area contributed by atoms with Crippen LogP contribution in [-0.4, -0.2) is 41.7 Å². The highest BCUT2D eigenvalue weighted by atomic mass is 35.5. The number of hydrogen-bond donors (Lipinski definition) is 2. The van der Waals surface area contributed by atoms with Gasteiger partial charge in [0.05, 0.1) is 22.8 Å². The first-order valence-electron chi connectivity index (χ1n) is 7.52. The lowest BCUT2D eigenvalue weighted by atomic mass is 10.2. The minimum Gasteiger partial charge on any atom is -0.495 e. The van der Waals surface area contributed by atoms with Crippen LogP contribution in [-0.2, 0) is 10.0 Å². The fourth-order valence-corrected chi connectivity index (χ4v) is 5.82. The van der Waals surface area contributed by atoms with E-state index < -0.39 is 10.0 Å². The molecule has 1 saturated heterocycles. The summed E-state index contributed by atoms with van der Waals surface area (Å²) in [6, 6.07) is 6.52. The molecule has 10 heteroatoms. The Morgan fingerprint density at radius 1 is 1.24 bits per heavy atom. The van der Waals surface area contributed by atoms with E-state index in [0.29, 0.717) is 15.8 Å². The zero-order valence-electron chi connectivity index (χ0n) is 13.4. The summed E-state index contributed by atoms with van der Waals surface area (Å²) in [4.78, 5) is 2.13. The van der Waals surface area contributed by atoms with Gasteiger partial charge in [0.25, 0.3) is 10.0 Å². The Labute approximate surface area is 160 Å². The van der Waals surface area contributed by atoms with Crippen molar-refractivity contribution in [1.29, 1.82) is 0 Å². The van der Waals surface area contributed by atoms with Crippen LogP contribution in [0.3, 0.4) is 0 Å². The van der Waals surface area contributed by atoms with Gasteiger partial charge < -0.3 is 15.0 Å². The van der Waals surface area contributed by atoms with Gasteiger partial charge in [-0.15, -0.1) is 11.3 Å². The van der Waals surface area contributed by atoms with E-state index in [0.717, 1.165) is 43.2 Å². The average Bonchev–Trinajstić information content (AvgIpc) is 2.94. The molecule has 2 aromatic rings. The number of thiophene rings is 1. The Bertz CT molecular complexity index is 865. The van der Waals surface area contributed by atoms with Crippen molar-refractivity contribution in [3.63, 3.8) is 0 Å². The van der Waals surface area contributed by atoms with Gasteiger partial charge in [-0.2, -0.15) is 0 Å². The number of anilines is 2. The van der Waals surface area contributed by atoms with Gasteiger partial charge in [0.15, 0.2) is 0 Å². The molecule has 1 aliphatic heterocycles. The molecule has 25 heavy (non-hydrogen) atoms. The maximum absolute atomic E-state index is 12.6. The maximum atomic E-state index is 12.6. The topological polar surface area (TPSA) is 70.7 Å². The molecular formula is C15H17Cl2N3O3S2. The van der Waals surface area contributed by atoms with Crippen LogP contribution in [0.1, 0.15) is 0 Å². The van der Waals surface area contributed by atoms with E-state index in [1.807, 2.05) is 0 Å². The van der Waals surface area contributed by atoms with E-state index >= 15 is 0 Å². The molecule has 3 rings (SSSR count). The van der Waals surface area contributed by atoms with E-state index in [9.17, 15) is 8.42 Å². The Morgan fingerprint density at radius 2 is 1.96 bits per heavy atom. The third kappa shape index (κ3) is 4.15. The van der Waals surface area contributed by atoms with Gasteiger partial charge >= 0.3 is 0 Å². The van der Waals surface area contributed by atoms with Gasteiger partial charge in [-0.1, -0.05) is 23.2 Å². The zero-order valence-corrected chi connectivity index (χ0v) is 16.5. The summed E-state index contributed by atoms with van der Waals surface area (Å²) >= 11 is 12.8. The molecule has 136 valence electrons. The van der Waals surface area contributed by atoms with Crippen LogP contribution in [0.2, 0.25) is 8.67 Å². The molecule has 1 fully saturated rings. The standard InChI is InChI=1S/C15H17Cl2N3O3S2/c1-23-12-3-2-10(8-11(12)20-6-4-18-5-7-20)19-25(21,22)13-9-14(16)24-15(13)17/h2-3,8-9,18-19H,4-7H2,1H3. The maximum Gasteiger partial charge on any atom is 0.264 e. The van der Waals surface area contributed by atoms with Gasteiger partial charge in [-0.25, -0.2) is 8.42 Å². The molecular weight excluding hydrogens is 405 g/mol. The Morgan fingerprint density at radius 3 is 2.56 bits per heavy atom. The smallest absolute Gasteiger partial charge is 0.264 e. The third-order valence-electron chi connectivity index (χ3n) is 3.80. The van der Waals surface area contributed by atoms with Crippen molar-refractivity contribution in [1.82, 2.24) is 5.32 Å². The summed E-state index contributed by atoms with van der Waals surface area (Å²) in [6.07, 6.45) is 0. The number of hydrogen-bond acceptors (Lipinski definition) is 6. The minimum atomic E-state index is -3.82. The van der Waals surface area contributed by atoms with Crippen molar-refractivity contribution in [2.24, 2.45) is 0 Å². The number of nitrogens with one attached hydrogen (secondary N) is 2. The predicted octanol–water partition coefficient (Wildman–Crippen LogP) is 3.27. The van der Waals surface area contributed by atoms with Crippen molar-refractivity contribution in [3.05, 3.63) is 32.9 Å². The number of benzene rings is 1. The first kappa shape index (κ1) is 18.6. The van der Waals surface area contributed by atoms with Gasteiger partial charge in [0.1, 0.15) is 15.0 Å². The van der Waals surface area contributed by atoms with Crippen molar-refractivity contribution in [2.45, 2.75) is 4.90 Å². The number of piperazine rings is 1. The first-order chi connectivity index (χ1) is 11.9. The normalized spacial score (nSPS) is 15.2. The summed E-state index contributed by atoms with van der Waals surface area (Å²) in [7, 11) is -2.22. The van der Waals surface area contributed by atoms with Crippen LogP contribution in [0.15, 0.2) is 29.2 Å². The van der Waals surface area contributed by atoms with Crippen molar-refractivity contribution in [3.8, 4) is 5.75 Å². The molecule has 0 radical (unpaired) electrons. The van der Waals surface area contributed by atoms with Crippen LogP contribution >= 0.6 is 34.5 Å². The lowest BCUT2D eigenvalue weighted by Crippen LogP contribution is -2.43. The molecule has 0 spiro atoms. The number of nitrogens with zero attached hydrogens (tertiary/aromatic N) is 1. The number of sulfonamides is 1. The summed E-state index contributed by atoms with van der Waals surface area (Å²) in [6.45, 7) is 3.36. The SMILES string of the molecule is COc1ccc(NS(=O)(=O)c2cc(Cl)sc2Cl)cc1N1CCNCC1. The van der Waals surface area contributed by atoms with Crippen molar-refractivity contribution < 1.29 is 13.2 Å². The van der Waals surface area contributed by atoms with E-state index in [4.69, 9.17) is 27.9 Å². The van der Waals surface area contributed by atoms with E-state index in [1.165, 1.54) is 6.07 Å². The second kappa shape index (κ2) is 7.59. The lowest BCUT2D eigenvalue weighted by molar-refractivity contribution is 0.413. The fourth-order valence-electron chi connectivity index (χ4n) is 2.62. The van der Waals surface area contributed by atoms with E-state index in [1.54, 1.807) is 25.3 Å². The summed E-state index contributed by atoms with van der Waals surface area (Å²) in [5, 5.41) is 3.28. The molecule has 1 aromatic carbocycles. The summed E-state index contributed by atoms with van der Waals surface area (Å²) in [5.74, 6) is 0.696. The van der Waals surface area contributed by atoms with Crippen molar-refractivity contribution in [2.75, 3.05) is 42.9 Å². The van der Waals surface area contributed by atoms with E-state index in [2.05, 4.69) is 14.9 Å². The highest BCUT2D eigenvalue weighted by Crippen LogP contribution is 2.36. The molecule has 6 nitrogen and oxygen atoms in total. The van der Waals surface area contributed by atoms with Crippen LogP contribution in [0.25, 0.3) is 0 Å². The first-order valence-corrected chi connectivity index (χ1v) is 10.6. The monoisotopic (exact) mass is 421 g/mol. The fraction of sp³-hybridized carbons (Fsp3) is 0.333. The third-order valence-corrected chi connectivity index (χ3v) is 6.94. The highest BCUT2D eigenvalue weighted by molar-refractivity contribution is 7.93. The number of rotatable bonds is 5. The van der Waals surface area contributed by atoms with Gasteiger partial charge in [-0.3, -0.25) is 4.72 Å². The number of methoxy groups -OCH3 is 1. The van der Waals surface area contributed by atoms with Crippen LogP contribution in [0, 0.1) is 0 Å². The Balaban J connectivity index is 1.91. The second-order valence-corrected chi connectivity index (χ2v) is 9.35. The number of ether oxygens (including phenoxy) is 1. The minimum absolute atomic E-state index is 0.0243. The largest absolute Gasteiger partial charge is 0.495 e. The second-order valence-electron chi connectivity index (χ2n) is 5.42. The quantitative estimate of drug-likeness (QED) is 0.774. The van der Waals surface area contributed by atoms with Crippen LogP contribution in [0.5, 0.6) is 5.75 Å². The van der Waals surface area contributed by atoms with Crippen LogP contribution in [0.4, 0.5) is 11.4 Å². The number of halogens is 2. The molecule has 0 bridgehead atoms. The molecule has 0 amide bonds. The summed E-state index contributed by atoms with van der Waals surface area (Å²) in [5.41, 5.74) is 1.28. The molecule has 2 N–H and O–H groups in total. The predicted molar refractivity (Wildman–Crippen MR) is 103 cm³/mol. The Kier molecular flexibility index (Phi) is 5.65. The Hall–Kier alpha value is -1.19. The molecule has 0 aliphatic carbocycles. The molecule has 0 unspecified atom stereocenters. The summed E-state index contributed by atoms with van der Waals surface area (Å²) < 4.78 is 33.6. The van der Waals surface area contributed by atoms with Gasteiger partial charge in [-0.05, 0) is 24.3 Å². The highest BCUT2D eigenvalue weighted by Gasteiger charge is 2.22. The van der Waals surface area contributed by atoms with E-state index in [-0.39, 0.29) is 9.23 Å². The van der Waals surface area contributed by atoms with Gasteiger partial charge in [0, 0.05) is 26.2 Å². The average molecular weight is 422 g/mol. The molecule has 0 saturated carbocycles. The van der Waals surface area contributed by atoms with Crippen molar-refractivity contribution >= 4 is 55.9 Å². The molecule has 1 aliphatic rings. The molecule has 0 atom stereocenters. The lowest BCUT2D eigenvalue weighted by Gasteiger charge is -2.31. The zero-order chi connectivity index (χ0) is 18.0. The van der Waals surface area contributed by atoms with Crippen LogP contribution < -0.4 is 19.7 Å². The molecule has 1 aromatic heterocycles. The molecule has 2 heterocycles. The van der Waals surface area contributed by atoms with Gasteiger partial charge in [0.2, 0.25) is 0 Å².